The molecule has 2 aliphatic rings. The van der Waals surface area contributed by atoms with Crippen molar-refractivity contribution in [3.05, 3.63) is 0 Å². The van der Waals surface area contributed by atoms with Gasteiger partial charge in [0.1, 0.15) is 5.60 Å². The summed E-state index contributed by atoms with van der Waals surface area (Å²) in [7, 11) is 0. The Labute approximate surface area is 96.6 Å². The van der Waals surface area contributed by atoms with Gasteiger partial charge in [-0.15, -0.1) is 0 Å². The maximum atomic E-state index is 12.1. The Bertz CT molecular complexity index is 291. The maximum absolute atomic E-state index is 12.1. The SMILES string of the molecule is CC(C)(C)OC(=O)N1C(CO)CCC12CC2. The number of ether oxygens (including phenoxy) is 1. The predicted molar refractivity (Wildman–Crippen MR) is 60.1 cm³/mol. The third-order valence-electron chi connectivity index (χ3n) is 3.45. The molecule has 1 atom stereocenters. The minimum absolute atomic E-state index is 0.0235. The van der Waals surface area contributed by atoms with Crippen LogP contribution in [0.25, 0.3) is 0 Å². The molecule has 1 amide bonds. The Hall–Kier alpha value is -0.770. The van der Waals surface area contributed by atoms with E-state index in [0.717, 1.165) is 25.7 Å². The van der Waals surface area contributed by atoms with Crippen LogP contribution in [0.2, 0.25) is 0 Å². The van der Waals surface area contributed by atoms with Gasteiger partial charge in [0.15, 0.2) is 0 Å². The summed E-state index contributed by atoms with van der Waals surface area (Å²) in [4.78, 5) is 13.9. The Morgan fingerprint density at radius 2 is 2.06 bits per heavy atom. The predicted octanol–water partition coefficient (Wildman–Crippen LogP) is 1.91. The van der Waals surface area contributed by atoms with E-state index in [0.29, 0.717) is 0 Å². The van der Waals surface area contributed by atoms with Crippen LogP contribution in [-0.4, -0.2) is 39.9 Å². The van der Waals surface area contributed by atoms with E-state index in [9.17, 15) is 9.90 Å². The van der Waals surface area contributed by atoms with E-state index in [-0.39, 0.29) is 24.3 Å². The second-order valence-corrected chi connectivity index (χ2v) is 5.95. The van der Waals surface area contributed by atoms with Gasteiger partial charge in [0.05, 0.1) is 12.6 Å². The molecule has 0 aromatic heterocycles. The summed E-state index contributed by atoms with van der Waals surface area (Å²) in [5.74, 6) is 0. The summed E-state index contributed by atoms with van der Waals surface area (Å²) in [5, 5.41) is 9.29. The molecule has 0 aromatic carbocycles. The zero-order valence-corrected chi connectivity index (χ0v) is 10.3. The molecule has 0 radical (unpaired) electrons. The fourth-order valence-corrected chi connectivity index (χ4v) is 2.53. The van der Waals surface area contributed by atoms with Crippen molar-refractivity contribution in [2.45, 2.75) is 63.6 Å². The molecule has 16 heavy (non-hydrogen) atoms. The zero-order valence-electron chi connectivity index (χ0n) is 10.3. The molecule has 1 heterocycles. The highest BCUT2D eigenvalue weighted by atomic mass is 16.6. The number of hydrogen-bond donors (Lipinski definition) is 1. The van der Waals surface area contributed by atoms with Crippen LogP contribution in [0.15, 0.2) is 0 Å². The molecule has 1 unspecified atom stereocenters. The molecule has 1 aliphatic carbocycles. The van der Waals surface area contributed by atoms with Crippen molar-refractivity contribution in [3.8, 4) is 0 Å². The summed E-state index contributed by atoms with van der Waals surface area (Å²) >= 11 is 0. The molecule has 0 bridgehead atoms. The summed E-state index contributed by atoms with van der Waals surface area (Å²) in [6, 6.07) is -0.0441. The van der Waals surface area contributed by atoms with Crippen molar-refractivity contribution in [3.63, 3.8) is 0 Å². The van der Waals surface area contributed by atoms with Crippen LogP contribution in [0.4, 0.5) is 4.79 Å². The van der Waals surface area contributed by atoms with Gasteiger partial charge in [-0.3, -0.25) is 4.90 Å². The maximum Gasteiger partial charge on any atom is 0.411 e. The van der Waals surface area contributed by atoms with E-state index in [1.807, 2.05) is 20.8 Å². The second-order valence-electron chi connectivity index (χ2n) is 5.95. The van der Waals surface area contributed by atoms with Crippen molar-refractivity contribution < 1.29 is 14.6 Å². The molecular formula is C12H21NO3. The lowest BCUT2D eigenvalue weighted by molar-refractivity contribution is 0.00610. The van der Waals surface area contributed by atoms with Crippen molar-refractivity contribution in [2.24, 2.45) is 0 Å². The first-order valence-corrected chi connectivity index (χ1v) is 6.01. The van der Waals surface area contributed by atoms with Crippen LogP contribution in [0, 0.1) is 0 Å². The average Bonchev–Trinajstić information content (AvgIpc) is 2.76. The number of aliphatic hydroxyl groups excluding tert-OH is 1. The van der Waals surface area contributed by atoms with Crippen LogP contribution in [0.3, 0.4) is 0 Å². The quantitative estimate of drug-likeness (QED) is 0.744. The van der Waals surface area contributed by atoms with Gasteiger partial charge < -0.3 is 9.84 Å². The molecule has 92 valence electrons. The van der Waals surface area contributed by atoms with E-state index in [4.69, 9.17) is 4.74 Å². The molecule has 0 aromatic rings. The standard InChI is InChI=1S/C12H21NO3/c1-11(2,3)16-10(15)13-9(8-14)4-5-12(13)6-7-12/h9,14H,4-8H2,1-3H3. The fraction of sp³-hybridized carbons (Fsp3) is 0.917. The second kappa shape index (κ2) is 3.62. The third-order valence-corrected chi connectivity index (χ3v) is 3.45. The van der Waals surface area contributed by atoms with Crippen LogP contribution in [0.5, 0.6) is 0 Å². The summed E-state index contributed by atoms with van der Waals surface area (Å²) in [6.45, 7) is 5.65. The van der Waals surface area contributed by atoms with Crippen LogP contribution in [-0.2, 0) is 4.74 Å². The highest BCUT2D eigenvalue weighted by Crippen LogP contribution is 2.52. The van der Waals surface area contributed by atoms with Crippen LogP contribution in [0.1, 0.15) is 46.5 Å². The minimum atomic E-state index is -0.463. The first-order valence-electron chi connectivity index (χ1n) is 6.01. The smallest absolute Gasteiger partial charge is 0.411 e. The molecule has 2 rings (SSSR count). The van der Waals surface area contributed by atoms with Gasteiger partial charge in [0, 0.05) is 5.54 Å². The lowest BCUT2D eigenvalue weighted by Crippen LogP contribution is -2.46. The van der Waals surface area contributed by atoms with Gasteiger partial charge >= 0.3 is 6.09 Å². The first kappa shape index (κ1) is 11.7. The number of aliphatic hydroxyl groups is 1. The van der Waals surface area contributed by atoms with Crippen molar-refractivity contribution >= 4 is 6.09 Å². The van der Waals surface area contributed by atoms with E-state index < -0.39 is 5.60 Å². The normalized spacial score (nSPS) is 27.2. The summed E-state index contributed by atoms with van der Waals surface area (Å²) in [5.41, 5.74) is -0.439. The highest BCUT2D eigenvalue weighted by molar-refractivity contribution is 5.71. The summed E-state index contributed by atoms with van der Waals surface area (Å²) in [6.07, 6.45) is 3.76. The molecule has 1 aliphatic heterocycles. The first-order chi connectivity index (χ1) is 7.38. The van der Waals surface area contributed by atoms with Gasteiger partial charge in [0.25, 0.3) is 0 Å². The molecule has 1 saturated carbocycles. The fourth-order valence-electron chi connectivity index (χ4n) is 2.53. The number of amides is 1. The lowest BCUT2D eigenvalue weighted by atomic mass is 10.2. The Morgan fingerprint density at radius 3 is 2.50 bits per heavy atom. The van der Waals surface area contributed by atoms with Gasteiger partial charge in [0.2, 0.25) is 0 Å². The van der Waals surface area contributed by atoms with Crippen LogP contribution >= 0.6 is 0 Å². The van der Waals surface area contributed by atoms with E-state index in [1.165, 1.54) is 0 Å². The van der Waals surface area contributed by atoms with Gasteiger partial charge in [-0.25, -0.2) is 4.79 Å². The average molecular weight is 227 g/mol. The molecular weight excluding hydrogens is 206 g/mol. The van der Waals surface area contributed by atoms with Crippen molar-refractivity contribution in [1.29, 1.82) is 0 Å². The number of rotatable bonds is 1. The van der Waals surface area contributed by atoms with Gasteiger partial charge in [-0.05, 0) is 46.5 Å². The zero-order chi connectivity index (χ0) is 12.0. The molecule has 1 N–H and O–H groups in total. The topological polar surface area (TPSA) is 49.8 Å². The molecule has 4 nitrogen and oxygen atoms in total. The van der Waals surface area contributed by atoms with E-state index >= 15 is 0 Å². The van der Waals surface area contributed by atoms with Crippen LogP contribution < -0.4 is 0 Å². The lowest BCUT2D eigenvalue weighted by Gasteiger charge is -2.32. The molecule has 1 saturated heterocycles. The van der Waals surface area contributed by atoms with Crippen molar-refractivity contribution in [2.75, 3.05) is 6.61 Å². The number of hydrogen-bond acceptors (Lipinski definition) is 3. The molecule has 2 fully saturated rings. The number of likely N-dealkylation sites (tertiary alicyclic amines) is 1. The monoisotopic (exact) mass is 227 g/mol. The number of carbonyl (C=O) groups excluding carboxylic acids is 1. The van der Waals surface area contributed by atoms with Gasteiger partial charge in [-0.1, -0.05) is 0 Å². The largest absolute Gasteiger partial charge is 0.444 e. The van der Waals surface area contributed by atoms with E-state index in [1.54, 1.807) is 4.90 Å². The Kier molecular flexibility index (Phi) is 2.65. The molecule has 1 spiro atoms. The van der Waals surface area contributed by atoms with Crippen molar-refractivity contribution in [1.82, 2.24) is 4.90 Å². The number of nitrogens with zero attached hydrogens (tertiary/aromatic N) is 1. The Morgan fingerprint density at radius 1 is 1.44 bits per heavy atom. The number of carbonyl (C=O) groups is 1. The highest BCUT2D eigenvalue weighted by Gasteiger charge is 2.57. The summed E-state index contributed by atoms with van der Waals surface area (Å²) < 4.78 is 5.41. The third kappa shape index (κ3) is 2.03. The Balaban J connectivity index is 2.08. The van der Waals surface area contributed by atoms with Gasteiger partial charge in [-0.2, -0.15) is 0 Å². The minimum Gasteiger partial charge on any atom is -0.444 e. The van der Waals surface area contributed by atoms with E-state index in [2.05, 4.69) is 0 Å². The molecule has 4 heteroatoms.